The van der Waals surface area contributed by atoms with E-state index >= 15 is 0 Å². The third kappa shape index (κ3) is 3.71. The maximum Gasteiger partial charge on any atom is 0.252 e. The number of nitrogens with one attached hydrogen (secondary N) is 1. The number of para-hydroxylation sites is 1. The van der Waals surface area contributed by atoms with Gasteiger partial charge in [0.2, 0.25) is 0 Å². The van der Waals surface area contributed by atoms with Crippen molar-refractivity contribution in [1.82, 2.24) is 4.98 Å². The van der Waals surface area contributed by atoms with Crippen LogP contribution < -0.4 is 15.8 Å². The molecule has 0 aliphatic rings. The average Bonchev–Trinajstić information content (AvgIpc) is 2.91. The molecule has 3 N–H and O–H groups in total. The fraction of sp³-hybridized carbons (Fsp3) is 0.286. The summed E-state index contributed by atoms with van der Waals surface area (Å²) in [5, 5.41) is 4.10. The van der Waals surface area contributed by atoms with Crippen molar-refractivity contribution in [2.24, 2.45) is 5.73 Å². The maximum atomic E-state index is 11.3. The zero-order valence-electron chi connectivity index (χ0n) is 11.3. The molecular weight excluding hydrogens is 274 g/mol. The third-order valence-corrected chi connectivity index (χ3v) is 3.53. The highest BCUT2D eigenvalue weighted by Crippen LogP contribution is 2.22. The highest BCUT2D eigenvalue weighted by atomic mass is 32.1. The predicted molar refractivity (Wildman–Crippen MR) is 80.2 cm³/mol. The van der Waals surface area contributed by atoms with Crippen LogP contribution >= 0.6 is 11.3 Å². The van der Waals surface area contributed by atoms with Crippen molar-refractivity contribution in [3.63, 3.8) is 0 Å². The van der Waals surface area contributed by atoms with E-state index in [2.05, 4.69) is 17.2 Å². The summed E-state index contributed by atoms with van der Waals surface area (Å²) < 4.78 is 5.64. The molecule has 5 nitrogen and oxygen atoms in total. The SMILES string of the molecule is CCCNc1ncc(COc2ccccc2C(N)=O)s1. The van der Waals surface area contributed by atoms with Crippen molar-refractivity contribution < 1.29 is 9.53 Å². The summed E-state index contributed by atoms with van der Waals surface area (Å²) in [5.74, 6) is 0.00618. The number of carbonyl (C=O) groups is 1. The number of hydrogen-bond acceptors (Lipinski definition) is 5. The Kier molecular flexibility index (Phi) is 4.95. The number of nitrogens with zero attached hydrogens (tertiary/aromatic N) is 1. The van der Waals surface area contributed by atoms with E-state index in [4.69, 9.17) is 10.5 Å². The normalized spacial score (nSPS) is 10.2. The van der Waals surface area contributed by atoms with Crippen molar-refractivity contribution >= 4 is 22.4 Å². The summed E-state index contributed by atoms with van der Waals surface area (Å²) in [6.45, 7) is 3.37. The lowest BCUT2D eigenvalue weighted by Crippen LogP contribution is -2.12. The van der Waals surface area contributed by atoms with E-state index in [1.165, 1.54) is 0 Å². The molecule has 0 saturated heterocycles. The van der Waals surface area contributed by atoms with Crippen molar-refractivity contribution in [3.05, 3.63) is 40.9 Å². The molecule has 106 valence electrons. The van der Waals surface area contributed by atoms with Crippen molar-refractivity contribution in [2.75, 3.05) is 11.9 Å². The number of hydrogen-bond donors (Lipinski definition) is 2. The Morgan fingerprint density at radius 1 is 1.45 bits per heavy atom. The third-order valence-electron chi connectivity index (χ3n) is 2.60. The smallest absolute Gasteiger partial charge is 0.252 e. The second kappa shape index (κ2) is 6.91. The summed E-state index contributed by atoms with van der Waals surface area (Å²) >= 11 is 1.54. The first-order valence-corrected chi connectivity index (χ1v) is 7.22. The van der Waals surface area contributed by atoms with Gasteiger partial charge in [0.1, 0.15) is 12.4 Å². The molecule has 1 aromatic carbocycles. The van der Waals surface area contributed by atoms with Gasteiger partial charge in [-0.05, 0) is 18.6 Å². The number of carbonyl (C=O) groups excluding carboxylic acids is 1. The molecule has 6 heteroatoms. The Labute approximate surface area is 121 Å². The van der Waals surface area contributed by atoms with Crippen LogP contribution in [0.15, 0.2) is 30.5 Å². The molecule has 0 fully saturated rings. The molecule has 0 spiro atoms. The summed E-state index contributed by atoms with van der Waals surface area (Å²) in [6, 6.07) is 6.95. The second-order valence-electron chi connectivity index (χ2n) is 4.21. The first-order chi connectivity index (χ1) is 9.70. The van der Waals surface area contributed by atoms with E-state index in [1.54, 1.807) is 35.7 Å². The summed E-state index contributed by atoms with van der Waals surface area (Å²) in [6.07, 6.45) is 2.83. The van der Waals surface area contributed by atoms with E-state index in [-0.39, 0.29) is 0 Å². The lowest BCUT2D eigenvalue weighted by atomic mass is 10.2. The molecule has 1 amide bonds. The van der Waals surface area contributed by atoms with Crippen LogP contribution in [-0.4, -0.2) is 17.4 Å². The molecule has 0 atom stereocenters. The maximum absolute atomic E-state index is 11.3. The number of rotatable bonds is 7. The van der Waals surface area contributed by atoms with E-state index in [9.17, 15) is 4.79 Å². The monoisotopic (exact) mass is 291 g/mol. The van der Waals surface area contributed by atoms with Crippen LogP contribution in [0.5, 0.6) is 5.75 Å². The van der Waals surface area contributed by atoms with Crippen LogP contribution in [0, 0.1) is 0 Å². The number of benzene rings is 1. The molecule has 1 aromatic heterocycles. The fourth-order valence-electron chi connectivity index (χ4n) is 1.63. The molecule has 0 aliphatic heterocycles. The van der Waals surface area contributed by atoms with Crippen LogP contribution in [0.3, 0.4) is 0 Å². The number of nitrogens with two attached hydrogens (primary N) is 1. The Bertz CT molecular complexity index is 583. The zero-order chi connectivity index (χ0) is 14.4. The molecule has 0 aliphatic carbocycles. The van der Waals surface area contributed by atoms with Crippen LogP contribution in [-0.2, 0) is 6.61 Å². The van der Waals surface area contributed by atoms with Crippen molar-refractivity contribution in [3.8, 4) is 5.75 Å². The number of ether oxygens (including phenoxy) is 1. The predicted octanol–water partition coefficient (Wildman–Crippen LogP) is 2.64. The molecule has 2 rings (SSSR count). The zero-order valence-corrected chi connectivity index (χ0v) is 12.1. The Hall–Kier alpha value is -2.08. The van der Waals surface area contributed by atoms with Gasteiger partial charge in [0.25, 0.3) is 5.91 Å². The van der Waals surface area contributed by atoms with Gasteiger partial charge in [-0.2, -0.15) is 0 Å². The van der Waals surface area contributed by atoms with Gasteiger partial charge in [0.05, 0.1) is 10.4 Å². The highest BCUT2D eigenvalue weighted by molar-refractivity contribution is 7.15. The molecular formula is C14H17N3O2S. The molecule has 1 heterocycles. The van der Waals surface area contributed by atoms with Crippen LogP contribution in [0.1, 0.15) is 28.6 Å². The van der Waals surface area contributed by atoms with E-state index in [0.717, 1.165) is 23.0 Å². The molecule has 0 unspecified atom stereocenters. The standard InChI is InChI=1S/C14H17N3O2S/c1-2-7-16-14-17-8-10(20-14)9-19-12-6-4-3-5-11(12)13(15)18/h3-6,8H,2,7,9H2,1H3,(H2,15,18)(H,16,17). The van der Waals surface area contributed by atoms with E-state index < -0.39 is 5.91 Å². The highest BCUT2D eigenvalue weighted by Gasteiger charge is 2.09. The number of amides is 1. The van der Waals surface area contributed by atoms with Gasteiger partial charge >= 0.3 is 0 Å². The summed E-state index contributed by atoms with van der Waals surface area (Å²) in [7, 11) is 0. The summed E-state index contributed by atoms with van der Waals surface area (Å²) in [4.78, 5) is 16.5. The van der Waals surface area contributed by atoms with Gasteiger partial charge in [0, 0.05) is 12.7 Å². The van der Waals surface area contributed by atoms with Crippen LogP contribution in [0.2, 0.25) is 0 Å². The molecule has 0 saturated carbocycles. The van der Waals surface area contributed by atoms with Crippen LogP contribution in [0.4, 0.5) is 5.13 Å². The average molecular weight is 291 g/mol. The minimum Gasteiger partial charge on any atom is -0.487 e. The lowest BCUT2D eigenvalue weighted by Gasteiger charge is -2.07. The fourth-order valence-corrected chi connectivity index (χ4v) is 2.38. The Morgan fingerprint density at radius 2 is 2.25 bits per heavy atom. The minimum atomic E-state index is -0.491. The summed E-state index contributed by atoms with van der Waals surface area (Å²) in [5.41, 5.74) is 5.69. The van der Waals surface area contributed by atoms with E-state index in [1.807, 2.05) is 6.07 Å². The molecule has 20 heavy (non-hydrogen) atoms. The number of thiazole rings is 1. The number of anilines is 1. The first kappa shape index (κ1) is 14.3. The quantitative estimate of drug-likeness (QED) is 0.822. The number of primary amides is 1. The van der Waals surface area contributed by atoms with Crippen molar-refractivity contribution in [2.45, 2.75) is 20.0 Å². The second-order valence-corrected chi connectivity index (χ2v) is 5.32. The largest absolute Gasteiger partial charge is 0.487 e. The topological polar surface area (TPSA) is 77.2 Å². The van der Waals surface area contributed by atoms with Gasteiger partial charge in [-0.3, -0.25) is 4.79 Å². The van der Waals surface area contributed by atoms with Gasteiger partial charge < -0.3 is 15.8 Å². The van der Waals surface area contributed by atoms with Gasteiger partial charge in [-0.1, -0.05) is 30.4 Å². The van der Waals surface area contributed by atoms with Gasteiger partial charge in [-0.15, -0.1) is 0 Å². The van der Waals surface area contributed by atoms with Gasteiger partial charge in [-0.25, -0.2) is 4.98 Å². The number of aromatic nitrogens is 1. The lowest BCUT2D eigenvalue weighted by molar-refractivity contribution is 0.0996. The van der Waals surface area contributed by atoms with Crippen molar-refractivity contribution in [1.29, 1.82) is 0 Å². The van der Waals surface area contributed by atoms with Gasteiger partial charge in [0.15, 0.2) is 5.13 Å². The minimum absolute atomic E-state index is 0.371. The molecule has 0 radical (unpaired) electrons. The van der Waals surface area contributed by atoms with Crippen LogP contribution in [0.25, 0.3) is 0 Å². The molecule has 0 bridgehead atoms. The van der Waals surface area contributed by atoms with E-state index in [0.29, 0.717) is 17.9 Å². The Morgan fingerprint density at radius 3 is 3.00 bits per heavy atom. The first-order valence-electron chi connectivity index (χ1n) is 6.41. The Balaban J connectivity index is 1.98. The molecule has 2 aromatic rings.